The minimum absolute atomic E-state index is 0.151. The van der Waals surface area contributed by atoms with E-state index in [4.69, 9.17) is 4.74 Å². The molecule has 1 N–H and O–H groups in total. The molecule has 1 heterocycles. The van der Waals surface area contributed by atoms with Gasteiger partial charge in [-0.3, -0.25) is 0 Å². The molecule has 2 unspecified atom stereocenters. The molecule has 0 amide bonds. The van der Waals surface area contributed by atoms with Gasteiger partial charge in [0.15, 0.2) is 0 Å². The van der Waals surface area contributed by atoms with Crippen molar-refractivity contribution in [2.75, 3.05) is 6.54 Å². The van der Waals surface area contributed by atoms with Crippen molar-refractivity contribution in [2.24, 2.45) is 5.92 Å². The first-order valence-electron chi connectivity index (χ1n) is 5.91. The van der Waals surface area contributed by atoms with E-state index in [0.717, 1.165) is 0 Å². The highest BCUT2D eigenvalue weighted by molar-refractivity contribution is 5.00. The zero-order valence-corrected chi connectivity index (χ0v) is 10.8. The Kier molecular flexibility index (Phi) is 3.95. The number of rotatable bonds is 4. The lowest BCUT2D eigenvalue weighted by Gasteiger charge is -2.32. The molecule has 1 rings (SSSR count). The summed E-state index contributed by atoms with van der Waals surface area (Å²) >= 11 is 0. The molecule has 1 saturated heterocycles. The van der Waals surface area contributed by atoms with Gasteiger partial charge >= 0.3 is 0 Å². The van der Waals surface area contributed by atoms with Crippen LogP contribution in [0.4, 0.5) is 8.78 Å². The lowest BCUT2D eigenvalue weighted by molar-refractivity contribution is -0.0844. The molecule has 96 valence electrons. The van der Waals surface area contributed by atoms with Crippen LogP contribution in [0.15, 0.2) is 0 Å². The summed E-state index contributed by atoms with van der Waals surface area (Å²) in [5.41, 5.74) is -0.802. The van der Waals surface area contributed by atoms with Gasteiger partial charge in [-0.1, -0.05) is 6.92 Å². The van der Waals surface area contributed by atoms with Crippen molar-refractivity contribution in [1.29, 1.82) is 0 Å². The highest BCUT2D eigenvalue weighted by Gasteiger charge is 2.50. The minimum atomic E-state index is -2.35. The van der Waals surface area contributed by atoms with Gasteiger partial charge in [-0.05, 0) is 40.7 Å². The van der Waals surface area contributed by atoms with Crippen LogP contribution in [0, 0.1) is 5.92 Å². The minimum Gasteiger partial charge on any atom is -0.369 e. The molecule has 0 saturated carbocycles. The van der Waals surface area contributed by atoms with Crippen molar-refractivity contribution in [3.63, 3.8) is 0 Å². The third kappa shape index (κ3) is 2.92. The summed E-state index contributed by atoms with van der Waals surface area (Å²) in [6.45, 7) is 10.1. The first kappa shape index (κ1) is 13.8. The zero-order chi connectivity index (χ0) is 12.6. The second-order valence-corrected chi connectivity index (χ2v) is 5.69. The fourth-order valence-electron chi connectivity index (χ4n) is 2.81. The maximum Gasteiger partial charge on any atom is 0.254 e. The molecular weight excluding hydrogens is 212 g/mol. The normalized spacial score (nSPS) is 29.6. The van der Waals surface area contributed by atoms with Gasteiger partial charge in [0, 0.05) is 5.92 Å². The van der Waals surface area contributed by atoms with Crippen LogP contribution in [0.2, 0.25) is 0 Å². The van der Waals surface area contributed by atoms with E-state index in [1.54, 1.807) is 0 Å². The maximum absolute atomic E-state index is 13.0. The second-order valence-electron chi connectivity index (χ2n) is 5.69. The van der Waals surface area contributed by atoms with Crippen LogP contribution in [0.25, 0.3) is 0 Å². The van der Waals surface area contributed by atoms with E-state index in [-0.39, 0.29) is 11.5 Å². The molecule has 0 aliphatic carbocycles. The molecule has 2 atom stereocenters. The lowest BCUT2D eigenvalue weighted by atomic mass is 9.81. The smallest absolute Gasteiger partial charge is 0.254 e. The number of hydrogen-bond donors (Lipinski definition) is 1. The maximum atomic E-state index is 13.0. The predicted molar refractivity (Wildman–Crippen MR) is 60.8 cm³/mol. The fraction of sp³-hybridized carbons (Fsp3) is 1.00. The van der Waals surface area contributed by atoms with Gasteiger partial charge < -0.3 is 10.1 Å². The van der Waals surface area contributed by atoms with E-state index >= 15 is 0 Å². The van der Waals surface area contributed by atoms with E-state index < -0.39 is 18.1 Å². The molecule has 0 aromatic rings. The van der Waals surface area contributed by atoms with Gasteiger partial charge in [0.1, 0.15) is 0 Å². The molecule has 0 bridgehead atoms. The molecule has 1 aliphatic heterocycles. The van der Waals surface area contributed by atoms with Crippen molar-refractivity contribution in [3.05, 3.63) is 0 Å². The van der Waals surface area contributed by atoms with E-state index in [1.807, 2.05) is 34.6 Å². The molecule has 0 radical (unpaired) electrons. The Balaban J connectivity index is 2.84. The Bertz CT molecular complexity index is 241. The van der Waals surface area contributed by atoms with Gasteiger partial charge in [-0.15, -0.1) is 0 Å². The third-order valence-corrected chi connectivity index (χ3v) is 3.29. The molecule has 2 nitrogen and oxygen atoms in total. The van der Waals surface area contributed by atoms with Crippen LogP contribution < -0.4 is 5.32 Å². The van der Waals surface area contributed by atoms with E-state index in [2.05, 4.69) is 5.32 Å². The Morgan fingerprint density at radius 1 is 1.31 bits per heavy atom. The zero-order valence-electron chi connectivity index (χ0n) is 10.8. The first-order chi connectivity index (χ1) is 7.19. The highest BCUT2D eigenvalue weighted by Crippen LogP contribution is 2.44. The Morgan fingerprint density at radius 2 is 1.88 bits per heavy atom. The van der Waals surface area contributed by atoms with Crippen LogP contribution in [-0.2, 0) is 4.74 Å². The van der Waals surface area contributed by atoms with E-state index in [0.29, 0.717) is 13.0 Å². The molecule has 16 heavy (non-hydrogen) atoms. The number of ether oxygens (including phenoxy) is 1. The largest absolute Gasteiger partial charge is 0.369 e. The summed E-state index contributed by atoms with van der Waals surface area (Å²) < 4.78 is 31.9. The molecule has 0 spiro atoms. The Labute approximate surface area is 96.7 Å². The fourth-order valence-corrected chi connectivity index (χ4v) is 2.81. The van der Waals surface area contributed by atoms with Crippen molar-refractivity contribution in [2.45, 2.75) is 64.7 Å². The van der Waals surface area contributed by atoms with Crippen LogP contribution in [0.3, 0.4) is 0 Å². The average molecular weight is 235 g/mol. The summed E-state index contributed by atoms with van der Waals surface area (Å²) in [6.07, 6.45) is -1.68. The number of nitrogens with one attached hydrogen (secondary N) is 1. The summed E-state index contributed by atoms with van der Waals surface area (Å²) in [4.78, 5) is 0. The van der Waals surface area contributed by atoms with Gasteiger partial charge in [-0.25, -0.2) is 8.78 Å². The number of hydrogen-bond acceptors (Lipinski definition) is 2. The SMILES string of the molecule is CCNC(C(F)F)C1CC(C)(C)OC1(C)C. The number of alkyl halides is 2. The second kappa shape index (κ2) is 4.57. The first-order valence-corrected chi connectivity index (χ1v) is 5.91. The standard InChI is InChI=1S/C12H23F2NO/c1-6-15-9(10(13)14)8-7-11(2,3)16-12(8,4)5/h8-10,15H,6-7H2,1-5H3. The van der Waals surface area contributed by atoms with Crippen molar-refractivity contribution in [3.8, 4) is 0 Å². The topological polar surface area (TPSA) is 21.3 Å². The highest BCUT2D eigenvalue weighted by atomic mass is 19.3. The van der Waals surface area contributed by atoms with Gasteiger partial charge in [0.2, 0.25) is 0 Å². The number of halogens is 2. The summed E-state index contributed by atoms with van der Waals surface area (Å²) in [5, 5.41) is 2.89. The molecule has 0 aromatic carbocycles. The van der Waals surface area contributed by atoms with Crippen LogP contribution in [0.1, 0.15) is 41.0 Å². The lowest BCUT2D eigenvalue weighted by Crippen LogP contribution is -2.48. The van der Waals surface area contributed by atoms with Crippen LogP contribution in [-0.4, -0.2) is 30.2 Å². The van der Waals surface area contributed by atoms with Crippen molar-refractivity contribution >= 4 is 0 Å². The molecular formula is C12H23F2NO. The Morgan fingerprint density at radius 3 is 2.19 bits per heavy atom. The van der Waals surface area contributed by atoms with Crippen LogP contribution in [0.5, 0.6) is 0 Å². The van der Waals surface area contributed by atoms with Gasteiger partial charge in [-0.2, -0.15) is 0 Å². The summed E-state index contributed by atoms with van der Waals surface area (Å²) in [5.74, 6) is -0.151. The van der Waals surface area contributed by atoms with E-state index in [9.17, 15) is 8.78 Å². The van der Waals surface area contributed by atoms with E-state index in [1.165, 1.54) is 0 Å². The third-order valence-electron chi connectivity index (χ3n) is 3.29. The summed E-state index contributed by atoms with van der Waals surface area (Å²) in [6, 6.07) is -0.776. The van der Waals surface area contributed by atoms with Gasteiger partial charge in [0.25, 0.3) is 6.43 Å². The predicted octanol–water partition coefficient (Wildman–Crippen LogP) is 2.82. The molecule has 0 aromatic heterocycles. The van der Waals surface area contributed by atoms with Gasteiger partial charge in [0.05, 0.1) is 17.2 Å². The molecule has 1 aliphatic rings. The van der Waals surface area contributed by atoms with Crippen LogP contribution >= 0.6 is 0 Å². The summed E-state index contributed by atoms with van der Waals surface area (Å²) in [7, 11) is 0. The average Bonchev–Trinajstić information content (AvgIpc) is 2.29. The monoisotopic (exact) mass is 235 g/mol. The quantitative estimate of drug-likeness (QED) is 0.809. The Hall–Kier alpha value is -0.220. The molecule has 1 fully saturated rings. The van der Waals surface area contributed by atoms with Crippen molar-refractivity contribution in [1.82, 2.24) is 5.32 Å². The van der Waals surface area contributed by atoms with Crippen molar-refractivity contribution < 1.29 is 13.5 Å². The molecule has 4 heteroatoms.